The zero-order chi connectivity index (χ0) is 18.5. The smallest absolute Gasteiger partial charge is 0.0432 e. The van der Waals surface area contributed by atoms with Crippen molar-refractivity contribution in [2.75, 3.05) is 18.0 Å². The molecular formula is C25H30N2. The Labute approximate surface area is 163 Å². The Kier molecular flexibility index (Phi) is 5.72. The van der Waals surface area contributed by atoms with Crippen LogP contribution in [0.5, 0.6) is 0 Å². The molecule has 4 rings (SSSR count). The highest BCUT2D eigenvalue weighted by molar-refractivity contribution is 5.85. The monoisotopic (exact) mass is 358 g/mol. The van der Waals surface area contributed by atoms with E-state index in [2.05, 4.69) is 66.6 Å². The molecule has 2 heteroatoms. The van der Waals surface area contributed by atoms with Gasteiger partial charge in [-0.05, 0) is 60.1 Å². The third-order valence-corrected chi connectivity index (χ3v) is 5.88. The molecule has 2 heterocycles. The lowest BCUT2D eigenvalue weighted by molar-refractivity contribution is 0.726. The summed E-state index contributed by atoms with van der Waals surface area (Å²) in [5.74, 6) is 0. The number of hydrogen-bond donors (Lipinski definition) is 0. The number of pyridine rings is 1. The number of nitrogens with zero attached hydrogens (tertiary/aromatic N) is 2. The Bertz CT molecular complexity index is 886. The van der Waals surface area contributed by atoms with Gasteiger partial charge in [0.1, 0.15) is 0 Å². The number of fused-ring (bicyclic) bond motifs is 1. The topological polar surface area (TPSA) is 16.1 Å². The second-order valence-electron chi connectivity index (χ2n) is 7.70. The molecule has 1 aliphatic rings. The van der Waals surface area contributed by atoms with Crippen LogP contribution in [0.1, 0.15) is 49.4 Å². The van der Waals surface area contributed by atoms with Gasteiger partial charge in [0.15, 0.2) is 0 Å². The lowest BCUT2D eigenvalue weighted by atomic mass is 9.99. The molecule has 27 heavy (non-hydrogen) atoms. The third kappa shape index (κ3) is 4.16. The maximum absolute atomic E-state index is 4.80. The normalized spacial score (nSPS) is 15.1. The van der Waals surface area contributed by atoms with Gasteiger partial charge < -0.3 is 4.90 Å². The maximum Gasteiger partial charge on any atom is 0.0432 e. The molecule has 0 unspecified atom stereocenters. The predicted molar refractivity (Wildman–Crippen MR) is 116 cm³/mol. The number of anilines is 1. The summed E-state index contributed by atoms with van der Waals surface area (Å²) in [5, 5.41) is 2.70. The average molecular weight is 359 g/mol. The molecule has 2 aromatic carbocycles. The molecule has 1 fully saturated rings. The number of rotatable bonds is 5. The van der Waals surface area contributed by atoms with Crippen LogP contribution in [0.2, 0.25) is 0 Å². The summed E-state index contributed by atoms with van der Waals surface area (Å²) in [7, 11) is 0. The van der Waals surface area contributed by atoms with Crippen molar-refractivity contribution in [2.45, 2.75) is 51.9 Å². The SMILES string of the molecule is CCc1cnc(CCc2cccc3ccccc23)cc1N1CCCCCC1. The first-order valence-corrected chi connectivity index (χ1v) is 10.5. The van der Waals surface area contributed by atoms with Crippen LogP contribution in [0, 0.1) is 0 Å². The Hall–Kier alpha value is -2.35. The Morgan fingerprint density at radius 1 is 0.852 bits per heavy atom. The molecule has 0 aliphatic carbocycles. The molecule has 2 nitrogen and oxygen atoms in total. The number of hydrogen-bond acceptors (Lipinski definition) is 2. The fourth-order valence-electron chi connectivity index (χ4n) is 4.30. The molecule has 0 N–H and O–H groups in total. The van der Waals surface area contributed by atoms with Gasteiger partial charge in [0, 0.05) is 30.7 Å². The van der Waals surface area contributed by atoms with E-state index in [1.807, 2.05) is 0 Å². The first kappa shape index (κ1) is 18.0. The summed E-state index contributed by atoms with van der Waals surface area (Å²) in [4.78, 5) is 7.40. The minimum absolute atomic E-state index is 0.999. The summed E-state index contributed by atoms with van der Waals surface area (Å²) in [6.45, 7) is 4.63. The van der Waals surface area contributed by atoms with E-state index >= 15 is 0 Å². The van der Waals surface area contributed by atoms with Gasteiger partial charge in [-0.1, -0.05) is 62.2 Å². The molecular weight excluding hydrogens is 328 g/mol. The number of benzene rings is 2. The molecule has 1 aliphatic heterocycles. The van der Waals surface area contributed by atoms with Crippen LogP contribution < -0.4 is 4.90 Å². The highest BCUT2D eigenvalue weighted by Crippen LogP contribution is 2.26. The maximum atomic E-state index is 4.80. The quantitative estimate of drug-likeness (QED) is 0.559. The van der Waals surface area contributed by atoms with E-state index in [-0.39, 0.29) is 0 Å². The fourth-order valence-corrected chi connectivity index (χ4v) is 4.30. The van der Waals surface area contributed by atoms with Gasteiger partial charge in [-0.15, -0.1) is 0 Å². The molecule has 1 saturated heterocycles. The van der Waals surface area contributed by atoms with E-state index in [0.717, 1.165) is 19.3 Å². The van der Waals surface area contributed by atoms with E-state index in [9.17, 15) is 0 Å². The van der Waals surface area contributed by atoms with Crippen molar-refractivity contribution < 1.29 is 0 Å². The van der Waals surface area contributed by atoms with Gasteiger partial charge in [0.05, 0.1) is 0 Å². The Balaban J connectivity index is 1.56. The van der Waals surface area contributed by atoms with Crippen LogP contribution in [0.15, 0.2) is 54.7 Å². The fraction of sp³-hybridized carbons (Fsp3) is 0.400. The molecule has 0 saturated carbocycles. The van der Waals surface area contributed by atoms with Crippen molar-refractivity contribution in [3.63, 3.8) is 0 Å². The lowest BCUT2D eigenvalue weighted by Crippen LogP contribution is -2.25. The van der Waals surface area contributed by atoms with Crippen molar-refractivity contribution in [3.05, 3.63) is 71.5 Å². The Morgan fingerprint density at radius 2 is 1.63 bits per heavy atom. The van der Waals surface area contributed by atoms with Crippen molar-refractivity contribution in [2.24, 2.45) is 0 Å². The van der Waals surface area contributed by atoms with Gasteiger partial charge in [0.2, 0.25) is 0 Å². The molecule has 0 spiro atoms. The average Bonchev–Trinajstić information content (AvgIpc) is 3.01. The summed E-state index contributed by atoms with van der Waals surface area (Å²) < 4.78 is 0. The van der Waals surface area contributed by atoms with Crippen LogP contribution in [0.3, 0.4) is 0 Å². The highest BCUT2D eigenvalue weighted by Gasteiger charge is 2.14. The van der Waals surface area contributed by atoms with Crippen LogP contribution in [-0.4, -0.2) is 18.1 Å². The van der Waals surface area contributed by atoms with E-state index in [4.69, 9.17) is 4.98 Å². The molecule has 0 bridgehead atoms. The number of aryl methyl sites for hydroxylation is 3. The molecule has 0 atom stereocenters. The number of aromatic nitrogens is 1. The standard InChI is InChI=1S/C25H30N2/c1-2-20-19-26-23(18-25(20)27-16-7-3-4-8-17-27)15-14-22-12-9-11-21-10-5-6-13-24(21)22/h5-6,9-13,18-19H,2-4,7-8,14-17H2,1H3. The third-order valence-electron chi connectivity index (χ3n) is 5.88. The molecule has 0 radical (unpaired) electrons. The van der Waals surface area contributed by atoms with Crippen molar-refractivity contribution >= 4 is 16.5 Å². The van der Waals surface area contributed by atoms with Gasteiger partial charge in [-0.3, -0.25) is 4.98 Å². The van der Waals surface area contributed by atoms with E-state index in [1.54, 1.807) is 0 Å². The summed E-state index contributed by atoms with van der Waals surface area (Å²) in [6, 6.07) is 17.7. The lowest BCUT2D eigenvalue weighted by Gasteiger charge is -2.25. The highest BCUT2D eigenvalue weighted by atomic mass is 15.1. The minimum Gasteiger partial charge on any atom is -0.371 e. The summed E-state index contributed by atoms with van der Waals surface area (Å²) in [5.41, 5.74) is 5.47. The van der Waals surface area contributed by atoms with Crippen molar-refractivity contribution in [1.29, 1.82) is 0 Å². The van der Waals surface area contributed by atoms with Crippen LogP contribution in [-0.2, 0) is 19.3 Å². The largest absolute Gasteiger partial charge is 0.371 e. The van der Waals surface area contributed by atoms with Gasteiger partial charge in [0.25, 0.3) is 0 Å². The van der Waals surface area contributed by atoms with Gasteiger partial charge in [-0.25, -0.2) is 0 Å². The zero-order valence-corrected chi connectivity index (χ0v) is 16.5. The van der Waals surface area contributed by atoms with Gasteiger partial charge in [-0.2, -0.15) is 0 Å². The Morgan fingerprint density at radius 3 is 2.44 bits per heavy atom. The van der Waals surface area contributed by atoms with Crippen LogP contribution in [0.25, 0.3) is 10.8 Å². The van der Waals surface area contributed by atoms with Crippen molar-refractivity contribution in [3.8, 4) is 0 Å². The first-order chi connectivity index (χ1) is 13.3. The van der Waals surface area contributed by atoms with Crippen LogP contribution in [0.4, 0.5) is 5.69 Å². The second kappa shape index (κ2) is 8.56. The summed E-state index contributed by atoms with van der Waals surface area (Å²) >= 11 is 0. The molecule has 140 valence electrons. The zero-order valence-electron chi connectivity index (χ0n) is 16.5. The van der Waals surface area contributed by atoms with E-state index < -0.39 is 0 Å². The second-order valence-corrected chi connectivity index (χ2v) is 7.70. The molecule has 1 aromatic heterocycles. The predicted octanol–water partition coefficient (Wildman–Crippen LogP) is 5.96. The van der Waals surface area contributed by atoms with E-state index in [1.165, 1.54) is 72.1 Å². The minimum atomic E-state index is 0.999. The first-order valence-electron chi connectivity index (χ1n) is 10.5. The molecule has 3 aromatic rings. The van der Waals surface area contributed by atoms with E-state index in [0.29, 0.717) is 0 Å². The molecule has 0 amide bonds. The van der Waals surface area contributed by atoms with Gasteiger partial charge >= 0.3 is 0 Å². The van der Waals surface area contributed by atoms with Crippen LogP contribution >= 0.6 is 0 Å². The summed E-state index contributed by atoms with van der Waals surface area (Å²) in [6.07, 6.45) is 10.6. The van der Waals surface area contributed by atoms with Crippen molar-refractivity contribution in [1.82, 2.24) is 4.98 Å².